The van der Waals surface area contributed by atoms with Crippen molar-refractivity contribution in [2.24, 2.45) is 5.92 Å². The van der Waals surface area contributed by atoms with Gasteiger partial charge in [-0.15, -0.1) is 11.3 Å². The molecule has 0 saturated carbocycles. The Bertz CT molecular complexity index is 811. The zero-order chi connectivity index (χ0) is 17.1. The fourth-order valence-corrected chi connectivity index (χ4v) is 4.56. The third kappa shape index (κ3) is 3.99. The highest BCUT2D eigenvalue weighted by molar-refractivity contribution is 7.10. The highest BCUT2D eigenvalue weighted by atomic mass is 32.1. The fraction of sp³-hybridized carbons (Fsp3) is 0.389. The number of carbonyl (C=O) groups is 1. The first kappa shape index (κ1) is 16.5. The molecule has 0 aromatic carbocycles. The van der Waals surface area contributed by atoms with E-state index in [-0.39, 0.29) is 5.91 Å². The van der Waals surface area contributed by atoms with Gasteiger partial charge in [0, 0.05) is 35.3 Å². The summed E-state index contributed by atoms with van der Waals surface area (Å²) >= 11 is 3.26. The number of carbonyl (C=O) groups excluding carboxylic acids is 1. The van der Waals surface area contributed by atoms with Crippen molar-refractivity contribution in [2.45, 2.75) is 25.7 Å². The molecule has 1 atom stereocenters. The van der Waals surface area contributed by atoms with E-state index in [9.17, 15) is 4.79 Å². The molecule has 4 rings (SSSR count). The molecular weight excluding hydrogens is 354 g/mol. The molecule has 1 saturated heterocycles. The van der Waals surface area contributed by atoms with Crippen LogP contribution < -0.4 is 0 Å². The van der Waals surface area contributed by atoms with Crippen molar-refractivity contribution in [2.75, 3.05) is 13.1 Å². The number of rotatable bonds is 5. The first-order valence-corrected chi connectivity index (χ1v) is 10.3. The van der Waals surface area contributed by atoms with Crippen molar-refractivity contribution in [3.05, 3.63) is 45.1 Å². The van der Waals surface area contributed by atoms with Crippen molar-refractivity contribution in [1.82, 2.24) is 15.0 Å². The molecule has 1 aliphatic rings. The standard InChI is InChI=1S/C18H19N3O2S2/c22-17(10-15-4-2-7-25-15)21-6-1-3-13(11-21)9-16-19-18(20-23-16)14-5-8-24-12-14/h2,4-5,7-8,12-13H,1,3,6,9-11H2/t13-/m0/s1. The number of aromatic nitrogens is 2. The third-order valence-corrected chi connectivity index (χ3v) is 6.05. The lowest BCUT2D eigenvalue weighted by Gasteiger charge is -2.32. The van der Waals surface area contributed by atoms with E-state index in [1.807, 2.05) is 39.2 Å². The zero-order valence-electron chi connectivity index (χ0n) is 13.8. The van der Waals surface area contributed by atoms with Crippen LogP contribution in [0.1, 0.15) is 23.6 Å². The molecular formula is C18H19N3O2S2. The summed E-state index contributed by atoms with van der Waals surface area (Å²) < 4.78 is 5.41. The Morgan fingerprint density at radius 1 is 1.36 bits per heavy atom. The van der Waals surface area contributed by atoms with Gasteiger partial charge in [-0.25, -0.2) is 0 Å². The van der Waals surface area contributed by atoms with Gasteiger partial charge in [0.25, 0.3) is 0 Å². The first-order valence-electron chi connectivity index (χ1n) is 8.43. The summed E-state index contributed by atoms with van der Waals surface area (Å²) in [4.78, 5) is 20.1. The molecule has 1 amide bonds. The second kappa shape index (κ2) is 7.49. The topological polar surface area (TPSA) is 59.2 Å². The average molecular weight is 374 g/mol. The average Bonchev–Trinajstić information content (AvgIpc) is 3.37. The molecule has 0 radical (unpaired) electrons. The van der Waals surface area contributed by atoms with Crippen LogP contribution in [0.3, 0.4) is 0 Å². The predicted octanol–water partition coefficient (Wildman–Crippen LogP) is 3.88. The van der Waals surface area contributed by atoms with Crippen LogP contribution in [0.5, 0.6) is 0 Å². The second-order valence-electron chi connectivity index (χ2n) is 6.33. The summed E-state index contributed by atoms with van der Waals surface area (Å²) in [5.41, 5.74) is 0.997. The second-order valence-corrected chi connectivity index (χ2v) is 8.14. The molecule has 1 aliphatic heterocycles. The molecule has 1 fully saturated rings. The van der Waals surface area contributed by atoms with Crippen LogP contribution in [-0.2, 0) is 17.6 Å². The molecule has 5 nitrogen and oxygen atoms in total. The molecule has 3 aromatic rings. The number of thiophene rings is 2. The summed E-state index contributed by atoms with van der Waals surface area (Å²) in [6.45, 7) is 1.63. The van der Waals surface area contributed by atoms with Gasteiger partial charge in [-0.05, 0) is 41.7 Å². The molecule has 3 aromatic heterocycles. The van der Waals surface area contributed by atoms with Gasteiger partial charge in [0.05, 0.1) is 6.42 Å². The number of hydrogen-bond acceptors (Lipinski definition) is 6. The Kier molecular flexibility index (Phi) is 4.94. The highest BCUT2D eigenvalue weighted by Gasteiger charge is 2.25. The van der Waals surface area contributed by atoms with Crippen molar-refractivity contribution in [3.63, 3.8) is 0 Å². The number of nitrogens with zero attached hydrogens (tertiary/aromatic N) is 3. The zero-order valence-corrected chi connectivity index (χ0v) is 15.4. The maximum absolute atomic E-state index is 12.5. The Morgan fingerprint density at radius 2 is 2.32 bits per heavy atom. The normalized spacial score (nSPS) is 17.8. The molecule has 130 valence electrons. The highest BCUT2D eigenvalue weighted by Crippen LogP contribution is 2.24. The van der Waals surface area contributed by atoms with Crippen LogP contribution in [0.2, 0.25) is 0 Å². The summed E-state index contributed by atoms with van der Waals surface area (Å²) in [6, 6.07) is 6.01. The quantitative estimate of drug-likeness (QED) is 0.681. The molecule has 0 spiro atoms. The van der Waals surface area contributed by atoms with Crippen LogP contribution >= 0.6 is 22.7 Å². The van der Waals surface area contributed by atoms with Crippen LogP contribution in [0.4, 0.5) is 0 Å². The Morgan fingerprint density at radius 3 is 3.12 bits per heavy atom. The number of hydrogen-bond donors (Lipinski definition) is 0. The maximum atomic E-state index is 12.5. The van der Waals surface area contributed by atoms with Gasteiger partial charge >= 0.3 is 0 Å². The molecule has 0 aliphatic carbocycles. The van der Waals surface area contributed by atoms with Gasteiger partial charge < -0.3 is 9.42 Å². The Labute approximate surface area is 154 Å². The lowest BCUT2D eigenvalue weighted by molar-refractivity contribution is -0.132. The van der Waals surface area contributed by atoms with Crippen LogP contribution in [-0.4, -0.2) is 34.0 Å². The number of piperidine rings is 1. The minimum Gasteiger partial charge on any atom is -0.342 e. The van der Waals surface area contributed by atoms with E-state index in [1.54, 1.807) is 22.7 Å². The predicted molar refractivity (Wildman–Crippen MR) is 98.6 cm³/mol. The molecule has 7 heteroatoms. The molecule has 4 heterocycles. The van der Waals surface area contributed by atoms with Gasteiger partial charge in [-0.1, -0.05) is 11.2 Å². The van der Waals surface area contributed by atoms with Gasteiger partial charge in [-0.2, -0.15) is 16.3 Å². The van der Waals surface area contributed by atoms with E-state index >= 15 is 0 Å². The van der Waals surface area contributed by atoms with Gasteiger partial charge in [0.1, 0.15) is 0 Å². The fourth-order valence-electron chi connectivity index (χ4n) is 3.23. The monoisotopic (exact) mass is 373 g/mol. The van der Waals surface area contributed by atoms with Gasteiger partial charge in [0.15, 0.2) is 0 Å². The smallest absolute Gasteiger partial charge is 0.227 e. The van der Waals surface area contributed by atoms with Crippen LogP contribution in [0.15, 0.2) is 38.9 Å². The van der Waals surface area contributed by atoms with E-state index in [2.05, 4.69) is 10.1 Å². The van der Waals surface area contributed by atoms with Crippen LogP contribution in [0.25, 0.3) is 11.4 Å². The number of likely N-dealkylation sites (tertiary alicyclic amines) is 1. The van der Waals surface area contributed by atoms with Gasteiger partial charge in [0.2, 0.25) is 17.6 Å². The SMILES string of the molecule is O=C(Cc1cccs1)N1CCC[C@@H](Cc2nc(-c3ccsc3)no2)C1. The largest absolute Gasteiger partial charge is 0.342 e. The van der Waals surface area contributed by atoms with Crippen molar-refractivity contribution >= 4 is 28.6 Å². The van der Waals surface area contributed by atoms with E-state index in [4.69, 9.17) is 4.52 Å². The van der Waals surface area contributed by atoms with Gasteiger partial charge in [-0.3, -0.25) is 4.79 Å². The molecule has 25 heavy (non-hydrogen) atoms. The molecule has 0 bridgehead atoms. The van der Waals surface area contributed by atoms with Crippen molar-refractivity contribution in [3.8, 4) is 11.4 Å². The van der Waals surface area contributed by atoms with Crippen molar-refractivity contribution in [1.29, 1.82) is 0 Å². The lowest BCUT2D eigenvalue weighted by atomic mass is 9.94. The summed E-state index contributed by atoms with van der Waals surface area (Å²) in [5, 5.41) is 10.1. The molecule has 0 unspecified atom stereocenters. The minimum atomic E-state index is 0.219. The van der Waals surface area contributed by atoms with Crippen LogP contribution in [0, 0.1) is 5.92 Å². The van der Waals surface area contributed by atoms with E-state index in [0.29, 0.717) is 24.1 Å². The molecule has 0 N–H and O–H groups in total. The minimum absolute atomic E-state index is 0.219. The maximum Gasteiger partial charge on any atom is 0.227 e. The Hall–Kier alpha value is -1.99. The third-order valence-electron chi connectivity index (χ3n) is 4.49. The summed E-state index contributed by atoms with van der Waals surface area (Å²) in [5.74, 6) is 1.92. The summed E-state index contributed by atoms with van der Waals surface area (Å²) in [6.07, 6.45) is 3.37. The van der Waals surface area contributed by atoms with E-state index in [0.717, 1.165) is 42.8 Å². The van der Waals surface area contributed by atoms with E-state index in [1.165, 1.54) is 0 Å². The van der Waals surface area contributed by atoms with Crippen molar-refractivity contribution < 1.29 is 9.32 Å². The first-order chi connectivity index (χ1) is 12.3. The lowest BCUT2D eigenvalue weighted by Crippen LogP contribution is -2.41. The summed E-state index contributed by atoms with van der Waals surface area (Å²) in [7, 11) is 0. The Balaban J connectivity index is 1.36. The van der Waals surface area contributed by atoms with E-state index < -0.39 is 0 Å². The number of amides is 1.